The number of aromatic nitrogens is 2. The van der Waals surface area contributed by atoms with Crippen molar-refractivity contribution < 1.29 is 17.9 Å². The molecule has 0 atom stereocenters. The van der Waals surface area contributed by atoms with E-state index in [0.29, 0.717) is 34.8 Å². The van der Waals surface area contributed by atoms with Gasteiger partial charge in [-0.3, -0.25) is 0 Å². The number of imidazole rings is 1. The lowest BCUT2D eigenvalue weighted by molar-refractivity contribution is 0.0509. The molecule has 0 bridgehead atoms. The van der Waals surface area contributed by atoms with Crippen LogP contribution in [0.5, 0.6) is 0 Å². The molecule has 0 aliphatic rings. The van der Waals surface area contributed by atoms with Crippen molar-refractivity contribution in [3.05, 3.63) is 65.6 Å². The van der Waals surface area contributed by atoms with Crippen LogP contribution in [0.4, 0.5) is 0 Å². The Morgan fingerprint density at radius 3 is 2.49 bits per heavy atom. The Balaban J connectivity index is 2.18. The second kappa shape index (κ2) is 11.9. The van der Waals surface area contributed by atoms with Gasteiger partial charge < -0.3 is 9.30 Å². The lowest BCUT2D eigenvalue weighted by atomic mass is 9.99. The topological polar surface area (TPSA) is 114 Å². The van der Waals surface area contributed by atoms with E-state index in [1.165, 1.54) is 24.0 Å². The monoisotopic (exact) mass is 512 g/mol. The molecule has 8 nitrogen and oxygen atoms in total. The second-order valence-electron chi connectivity index (χ2n) is 7.67. The second-order valence-corrected chi connectivity index (χ2v) is 10.1. The fraction of sp³-hybridized carbons (Fsp3) is 0.320. The number of nitrogens with one attached hydrogen (secondary N) is 1. The van der Waals surface area contributed by atoms with E-state index >= 15 is 0 Å². The van der Waals surface area contributed by atoms with Gasteiger partial charge in [-0.1, -0.05) is 55.8 Å². The highest BCUT2D eigenvalue weighted by atomic mass is 32.2. The first-order chi connectivity index (χ1) is 16.9. The molecule has 3 rings (SSSR count). The molecule has 0 fully saturated rings. The van der Waals surface area contributed by atoms with Crippen LogP contribution >= 0.6 is 11.8 Å². The Bertz CT molecular complexity index is 1340. The summed E-state index contributed by atoms with van der Waals surface area (Å²) in [6, 6.07) is 13.9. The molecule has 0 aliphatic carbocycles. The number of carbonyl (C=O) groups excluding carboxylic acids is 1. The molecular formula is C25H28N4O4S2. The van der Waals surface area contributed by atoms with Gasteiger partial charge in [0.15, 0.2) is 11.9 Å². The number of ether oxygens (including phenoxy) is 1. The van der Waals surface area contributed by atoms with E-state index < -0.39 is 16.0 Å². The predicted molar refractivity (Wildman–Crippen MR) is 135 cm³/mol. The first-order valence-corrected chi connectivity index (χ1v) is 14.0. The van der Waals surface area contributed by atoms with Gasteiger partial charge in [-0.25, -0.2) is 22.9 Å². The van der Waals surface area contributed by atoms with E-state index in [9.17, 15) is 13.2 Å². The number of hydrogen-bond acceptors (Lipinski definition) is 7. The van der Waals surface area contributed by atoms with Crippen molar-refractivity contribution >= 4 is 27.8 Å². The minimum atomic E-state index is -4.04. The van der Waals surface area contributed by atoms with Crippen molar-refractivity contribution in [2.24, 2.45) is 0 Å². The number of benzene rings is 2. The fourth-order valence-corrected chi connectivity index (χ4v) is 5.38. The number of nitrogens with zero attached hydrogens (tertiary/aromatic N) is 3. The molecule has 0 spiro atoms. The van der Waals surface area contributed by atoms with E-state index in [1.807, 2.05) is 39.8 Å². The van der Waals surface area contributed by atoms with Gasteiger partial charge in [0, 0.05) is 12.0 Å². The highest BCUT2D eigenvalue weighted by molar-refractivity contribution is 7.98. The Morgan fingerprint density at radius 1 is 1.14 bits per heavy atom. The van der Waals surface area contributed by atoms with Crippen molar-refractivity contribution in [3.63, 3.8) is 0 Å². The Morgan fingerprint density at radius 2 is 1.83 bits per heavy atom. The number of carbonyl (C=O) groups is 1. The van der Waals surface area contributed by atoms with Crippen molar-refractivity contribution in [1.29, 1.82) is 5.26 Å². The highest BCUT2D eigenvalue weighted by Crippen LogP contribution is 2.32. The number of esters is 1. The molecule has 0 aliphatic heterocycles. The Kier molecular flexibility index (Phi) is 8.95. The average molecular weight is 513 g/mol. The number of nitriles is 1. The minimum Gasteiger partial charge on any atom is -0.461 e. The molecule has 184 valence electrons. The predicted octanol–water partition coefficient (Wildman–Crippen LogP) is 4.60. The lowest BCUT2D eigenvalue weighted by Gasteiger charge is -2.17. The first-order valence-electron chi connectivity index (χ1n) is 11.3. The molecular weight excluding hydrogens is 484 g/mol. The molecule has 10 heteroatoms. The smallest absolute Gasteiger partial charge is 0.357 e. The largest absolute Gasteiger partial charge is 0.461 e. The molecule has 1 N–H and O–H groups in total. The molecule has 35 heavy (non-hydrogen) atoms. The summed E-state index contributed by atoms with van der Waals surface area (Å²) in [6.07, 6.45) is 5.96. The molecule has 0 saturated carbocycles. The third-order valence-corrected chi connectivity index (χ3v) is 7.39. The van der Waals surface area contributed by atoms with E-state index in [1.54, 1.807) is 25.1 Å². The normalized spacial score (nSPS) is 11.1. The zero-order chi connectivity index (χ0) is 25.4. The summed E-state index contributed by atoms with van der Waals surface area (Å²) >= 11 is 1.39. The summed E-state index contributed by atoms with van der Waals surface area (Å²) in [5, 5.41) is 9.54. The van der Waals surface area contributed by atoms with Gasteiger partial charge >= 0.3 is 5.97 Å². The summed E-state index contributed by atoms with van der Waals surface area (Å²) in [4.78, 5) is 17.7. The van der Waals surface area contributed by atoms with Gasteiger partial charge in [-0.15, -0.1) is 11.8 Å². The molecule has 1 aromatic heterocycles. The summed E-state index contributed by atoms with van der Waals surface area (Å²) in [7, 11) is -4.04. The number of sulfonamides is 1. The van der Waals surface area contributed by atoms with Gasteiger partial charge in [-0.05, 0) is 36.8 Å². The van der Waals surface area contributed by atoms with Crippen LogP contribution in [-0.4, -0.2) is 36.8 Å². The van der Waals surface area contributed by atoms with Gasteiger partial charge in [0.05, 0.1) is 18.0 Å². The molecule has 0 saturated heterocycles. The van der Waals surface area contributed by atoms with Gasteiger partial charge in [-0.2, -0.15) is 5.26 Å². The number of aryl methyl sites for hydroxylation is 1. The third kappa shape index (κ3) is 5.86. The fourth-order valence-electron chi connectivity index (χ4n) is 3.84. The van der Waals surface area contributed by atoms with Gasteiger partial charge in [0.1, 0.15) is 10.9 Å². The first kappa shape index (κ1) is 26.3. The molecule has 1 heterocycles. The summed E-state index contributed by atoms with van der Waals surface area (Å²) in [6.45, 7) is 4.40. The minimum absolute atomic E-state index is 0.00116. The molecule has 0 radical (unpaired) electrons. The van der Waals surface area contributed by atoms with Crippen LogP contribution in [0.1, 0.15) is 48.6 Å². The van der Waals surface area contributed by atoms with Crippen molar-refractivity contribution in [3.8, 4) is 17.3 Å². The Hall–Kier alpha value is -3.29. The molecule has 0 amide bonds. The van der Waals surface area contributed by atoms with Crippen LogP contribution in [0.2, 0.25) is 0 Å². The summed E-state index contributed by atoms with van der Waals surface area (Å²) < 4.78 is 34.5. The SMILES string of the molecule is CCCCc1nc(SC)c(C(=O)OCC)n1Cc1ccccc1-c1ccccc1S(=O)(=O)NC#N. The maximum Gasteiger partial charge on any atom is 0.357 e. The van der Waals surface area contributed by atoms with Crippen molar-refractivity contribution in [2.75, 3.05) is 12.9 Å². The molecule has 2 aromatic carbocycles. The van der Waals surface area contributed by atoms with Crippen LogP contribution in [-0.2, 0) is 27.7 Å². The van der Waals surface area contributed by atoms with Crippen LogP contribution in [0.3, 0.4) is 0 Å². The van der Waals surface area contributed by atoms with E-state index in [4.69, 9.17) is 15.0 Å². The number of rotatable bonds is 11. The van der Waals surface area contributed by atoms with Crippen LogP contribution < -0.4 is 4.72 Å². The van der Waals surface area contributed by atoms with Crippen molar-refractivity contribution in [1.82, 2.24) is 14.3 Å². The third-order valence-electron chi connectivity index (χ3n) is 5.42. The maximum absolute atomic E-state index is 12.9. The lowest BCUT2D eigenvalue weighted by Crippen LogP contribution is -2.19. The maximum atomic E-state index is 12.9. The van der Waals surface area contributed by atoms with E-state index in [2.05, 4.69) is 6.92 Å². The van der Waals surface area contributed by atoms with Gasteiger partial charge in [0.2, 0.25) is 0 Å². The number of unbranched alkanes of at least 4 members (excludes halogenated alkanes) is 1. The summed E-state index contributed by atoms with van der Waals surface area (Å²) in [5.74, 6) is 0.340. The van der Waals surface area contributed by atoms with Crippen LogP contribution in [0.25, 0.3) is 11.1 Å². The zero-order valence-electron chi connectivity index (χ0n) is 19.9. The van der Waals surface area contributed by atoms with Gasteiger partial charge in [0.25, 0.3) is 10.0 Å². The van der Waals surface area contributed by atoms with E-state index in [0.717, 1.165) is 24.2 Å². The van der Waals surface area contributed by atoms with Crippen molar-refractivity contribution in [2.45, 2.75) is 49.6 Å². The van der Waals surface area contributed by atoms with Crippen LogP contribution in [0, 0.1) is 11.5 Å². The van der Waals surface area contributed by atoms with E-state index in [-0.39, 0.29) is 11.5 Å². The standard InChI is InChI=1S/C25H28N4O4S2/c1-4-6-15-22-28-24(34-3)23(25(30)33-5-2)29(22)16-18-11-7-8-12-19(18)20-13-9-10-14-21(20)35(31,32)27-17-26/h7-14,27H,4-6,15-16H2,1-3H3. The number of thioether (sulfide) groups is 1. The number of hydrogen-bond donors (Lipinski definition) is 1. The average Bonchev–Trinajstić information content (AvgIpc) is 3.20. The van der Waals surface area contributed by atoms with Crippen LogP contribution in [0.15, 0.2) is 58.5 Å². The summed E-state index contributed by atoms with van der Waals surface area (Å²) in [5.41, 5.74) is 2.35. The highest BCUT2D eigenvalue weighted by Gasteiger charge is 2.25. The quantitative estimate of drug-likeness (QED) is 0.173. The molecule has 3 aromatic rings. The zero-order valence-corrected chi connectivity index (χ0v) is 21.6. The molecule has 0 unspecified atom stereocenters. The Labute approximate surface area is 210 Å².